The van der Waals surface area contributed by atoms with Crippen molar-refractivity contribution < 1.29 is 14.6 Å². The van der Waals surface area contributed by atoms with Crippen molar-refractivity contribution >= 4 is 0 Å². The maximum atomic E-state index is 9.66. The highest BCUT2D eigenvalue weighted by Crippen LogP contribution is 2.13. The molecule has 0 aromatic heterocycles. The van der Waals surface area contributed by atoms with Gasteiger partial charge in [-0.15, -0.1) is 0 Å². The summed E-state index contributed by atoms with van der Waals surface area (Å²) in [5.41, 5.74) is 0. The molecule has 0 unspecified atom stereocenters. The monoisotopic (exact) mass is 302 g/mol. The predicted octanol–water partition coefficient (Wildman–Crippen LogP) is 5.06. The Balaban J connectivity index is 3.05. The molecule has 0 spiro atoms. The molecule has 3 nitrogen and oxygen atoms in total. The van der Waals surface area contributed by atoms with Crippen molar-refractivity contribution in [3.05, 3.63) is 0 Å². The number of ether oxygens (including phenoxy) is 2. The SMILES string of the molecule is CCCCCCCCCCCCCC[C@@H](O)COCOC. The van der Waals surface area contributed by atoms with Gasteiger partial charge in [-0.3, -0.25) is 0 Å². The number of methoxy groups -OCH3 is 1. The molecule has 1 N–H and O–H groups in total. The van der Waals surface area contributed by atoms with E-state index in [1.54, 1.807) is 7.11 Å². The summed E-state index contributed by atoms with van der Waals surface area (Å²) in [4.78, 5) is 0. The molecule has 0 aromatic carbocycles. The number of aliphatic hydroxyl groups excluding tert-OH is 1. The highest BCUT2D eigenvalue weighted by atomic mass is 16.7. The van der Waals surface area contributed by atoms with Crippen molar-refractivity contribution in [2.45, 2.75) is 96.5 Å². The zero-order valence-corrected chi connectivity index (χ0v) is 14.4. The Labute approximate surface area is 132 Å². The zero-order chi connectivity index (χ0) is 15.6. The first-order valence-electron chi connectivity index (χ1n) is 9.06. The van der Waals surface area contributed by atoms with Gasteiger partial charge in [0.05, 0.1) is 12.7 Å². The molecule has 128 valence electrons. The van der Waals surface area contributed by atoms with Gasteiger partial charge in [-0.25, -0.2) is 0 Å². The average molecular weight is 302 g/mol. The number of aliphatic hydroxyl groups is 1. The normalized spacial score (nSPS) is 12.7. The van der Waals surface area contributed by atoms with E-state index in [1.807, 2.05) is 0 Å². The van der Waals surface area contributed by atoms with E-state index >= 15 is 0 Å². The summed E-state index contributed by atoms with van der Waals surface area (Å²) >= 11 is 0. The summed E-state index contributed by atoms with van der Waals surface area (Å²) in [6.45, 7) is 2.94. The first-order chi connectivity index (χ1) is 10.3. The molecule has 0 saturated carbocycles. The van der Waals surface area contributed by atoms with Crippen LogP contribution in [0.15, 0.2) is 0 Å². The van der Waals surface area contributed by atoms with E-state index in [0.717, 1.165) is 12.8 Å². The first kappa shape index (κ1) is 20.9. The van der Waals surface area contributed by atoms with Crippen LogP contribution in [0, 0.1) is 0 Å². The minimum atomic E-state index is -0.330. The maximum absolute atomic E-state index is 9.66. The highest BCUT2D eigenvalue weighted by Gasteiger charge is 2.03. The Morgan fingerprint density at radius 2 is 1.24 bits per heavy atom. The van der Waals surface area contributed by atoms with Crippen LogP contribution < -0.4 is 0 Å². The van der Waals surface area contributed by atoms with Gasteiger partial charge in [0, 0.05) is 7.11 Å². The highest BCUT2D eigenvalue weighted by molar-refractivity contribution is 4.55. The molecule has 0 radical (unpaired) electrons. The molecule has 0 bridgehead atoms. The second kappa shape index (κ2) is 17.9. The minimum Gasteiger partial charge on any atom is -0.391 e. The second-order valence-corrected chi connectivity index (χ2v) is 6.11. The van der Waals surface area contributed by atoms with Crippen LogP contribution in [-0.2, 0) is 9.47 Å². The predicted molar refractivity (Wildman–Crippen MR) is 89.5 cm³/mol. The molecule has 0 aliphatic heterocycles. The molecule has 0 aliphatic rings. The Hall–Kier alpha value is -0.120. The van der Waals surface area contributed by atoms with Gasteiger partial charge in [0.25, 0.3) is 0 Å². The molecule has 0 aromatic rings. The Bertz CT molecular complexity index is 185. The van der Waals surface area contributed by atoms with E-state index in [0.29, 0.717) is 6.61 Å². The van der Waals surface area contributed by atoms with Crippen LogP contribution >= 0.6 is 0 Å². The van der Waals surface area contributed by atoms with Gasteiger partial charge >= 0.3 is 0 Å². The number of hydrogen-bond donors (Lipinski definition) is 1. The van der Waals surface area contributed by atoms with Crippen LogP contribution in [0.1, 0.15) is 90.4 Å². The molecular weight excluding hydrogens is 264 g/mol. The largest absolute Gasteiger partial charge is 0.391 e. The van der Waals surface area contributed by atoms with E-state index in [4.69, 9.17) is 9.47 Å². The molecule has 0 fully saturated rings. The minimum absolute atomic E-state index is 0.273. The van der Waals surface area contributed by atoms with Gasteiger partial charge in [0.15, 0.2) is 0 Å². The lowest BCUT2D eigenvalue weighted by Crippen LogP contribution is -2.16. The quantitative estimate of drug-likeness (QED) is 0.301. The molecule has 0 rings (SSSR count). The number of rotatable bonds is 17. The third-order valence-electron chi connectivity index (χ3n) is 3.90. The zero-order valence-electron chi connectivity index (χ0n) is 14.4. The molecule has 21 heavy (non-hydrogen) atoms. The van der Waals surface area contributed by atoms with Crippen LogP contribution in [-0.4, -0.2) is 31.7 Å². The average Bonchev–Trinajstić information content (AvgIpc) is 2.48. The fourth-order valence-electron chi connectivity index (χ4n) is 2.57. The standard InChI is InChI=1S/C18H38O3/c1-3-4-5-6-7-8-9-10-11-12-13-14-15-18(19)16-21-17-20-2/h18-19H,3-17H2,1-2H3/t18-/m1/s1. The molecule has 1 atom stereocenters. The van der Waals surface area contributed by atoms with Gasteiger partial charge < -0.3 is 14.6 Å². The Kier molecular flexibility index (Phi) is 17.8. The van der Waals surface area contributed by atoms with Gasteiger partial charge in [-0.2, -0.15) is 0 Å². The van der Waals surface area contributed by atoms with Crippen LogP contribution in [0.5, 0.6) is 0 Å². The third kappa shape index (κ3) is 17.8. The fourth-order valence-corrected chi connectivity index (χ4v) is 2.57. The lowest BCUT2D eigenvalue weighted by molar-refractivity contribution is -0.0629. The van der Waals surface area contributed by atoms with Gasteiger partial charge in [0.2, 0.25) is 0 Å². The van der Waals surface area contributed by atoms with E-state index in [2.05, 4.69) is 6.92 Å². The summed E-state index contributed by atoms with van der Waals surface area (Å²) < 4.78 is 9.91. The van der Waals surface area contributed by atoms with E-state index < -0.39 is 0 Å². The van der Waals surface area contributed by atoms with Crippen LogP contribution in [0.25, 0.3) is 0 Å². The van der Waals surface area contributed by atoms with E-state index in [9.17, 15) is 5.11 Å². The Morgan fingerprint density at radius 3 is 1.71 bits per heavy atom. The molecule has 3 heteroatoms. The number of unbranched alkanes of at least 4 members (excludes halogenated alkanes) is 11. The van der Waals surface area contributed by atoms with Gasteiger partial charge in [-0.1, -0.05) is 84.0 Å². The maximum Gasteiger partial charge on any atom is 0.146 e. The topological polar surface area (TPSA) is 38.7 Å². The lowest BCUT2D eigenvalue weighted by Gasteiger charge is -2.10. The molecule has 0 amide bonds. The van der Waals surface area contributed by atoms with Crippen LogP contribution in [0.3, 0.4) is 0 Å². The van der Waals surface area contributed by atoms with Gasteiger partial charge in [0.1, 0.15) is 6.79 Å². The smallest absolute Gasteiger partial charge is 0.146 e. The van der Waals surface area contributed by atoms with Crippen molar-refractivity contribution in [3.8, 4) is 0 Å². The summed E-state index contributed by atoms with van der Waals surface area (Å²) in [7, 11) is 1.59. The number of hydrogen-bond acceptors (Lipinski definition) is 3. The molecule has 0 saturated heterocycles. The van der Waals surface area contributed by atoms with Crippen molar-refractivity contribution in [2.75, 3.05) is 20.5 Å². The van der Waals surface area contributed by atoms with E-state index in [-0.39, 0.29) is 12.9 Å². The molecule has 0 heterocycles. The molecule has 0 aliphatic carbocycles. The molecular formula is C18H38O3. The van der Waals surface area contributed by atoms with Crippen molar-refractivity contribution in [3.63, 3.8) is 0 Å². The second-order valence-electron chi connectivity index (χ2n) is 6.11. The third-order valence-corrected chi connectivity index (χ3v) is 3.90. The fraction of sp³-hybridized carbons (Fsp3) is 1.00. The van der Waals surface area contributed by atoms with Crippen LogP contribution in [0.2, 0.25) is 0 Å². The lowest BCUT2D eigenvalue weighted by atomic mass is 10.0. The van der Waals surface area contributed by atoms with Crippen molar-refractivity contribution in [2.24, 2.45) is 0 Å². The van der Waals surface area contributed by atoms with Crippen molar-refractivity contribution in [1.29, 1.82) is 0 Å². The van der Waals surface area contributed by atoms with Gasteiger partial charge in [-0.05, 0) is 6.42 Å². The Morgan fingerprint density at radius 1 is 0.762 bits per heavy atom. The summed E-state index contributed by atoms with van der Waals surface area (Å²) in [5, 5.41) is 9.66. The summed E-state index contributed by atoms with van der Waals surface area (Å²) in [5.74, 6) is 0. The van der Waals surface area contributed by atoms with Crippen molar-refractivity contribution in [1.82, 2.24) is 0 Å². The first-order valence-corrected chi connectivity index (χ1v) is 9.06. The summed E-state index contributed by atoms with van der Waals surface area (Å²) in [6, 6.07) is 0. The van der Waals surface area contributed by atoms with Crippen LogP contribution in [0.4, 0.5) is 0 Å². The van der Waals surface area contributed by atoms with E-state index in [1.165, 1.54) is 70.6 Å². The summed E-state index contributed by atoms with van der Waals surface area (Å²) in [6.07, 6.45) is 16.7.